The van der Waals surface area contributed by atoms with Gasteiger partial charge in [-0.05, 0) is 49.2 Å². The number of carbonyl (C=O) groups excluding carboxylic acids is 1. The lowest BCUT2D eigenvalue weighted by molar-refractivity contribution is 0.208. The molecule has 0 spiro atoms. The average Bonchev–Trinajstić information content (AvgIpc) is 2.70. The van der Waals surface area contributed by atoms with Crippen LogP contribution in [-0.2, 0) is 0 Å². The zero-order valence-corrected chi connectivity index (χ0v) is 17.3. The van der Waals surface area contributed by atoms with Gasteiger partial charge >= 0.3 is 6.03 Å². The monoisotopic (exact) mass is 383 g/mol. The molecule has 1 aliphatic rings. The lowest BCUT2D eigenvalue weighted by Crippen LogP contribution is -2.50. The van der Waals surface area contributed by atoms with Gasteiger partial charge in [0.05, 0.1) is 0 Å². The first-order chi connectivity index (χ1) is 13.1. The Morgan fingerprint density at radius 1 is 1.11 bits per heavy atom. The van der Waals surface area contributed by atoms with E-state index in [0.29, 0.717) is 5.25 Å². The van der Waals surface area contributed by atoms with Gasteiger partial charge in [0.1, 0.15) is 0 Å². The van der Waals surface area contributed by atoms with Gasteiger partial charge in [-0.2, -0.15) is 0 Å². The third-order valence-electron chi connectivity index (χ3n) is 5.04. The molecule has 0 bridgehead atoms. The van der Waals surface area contributed by atoms with Crippen LogP contribution in [0.3, 0.4) is 0 Å². The Morgan fingerprint density at radius 2 is 1.81 bits per heavy atom. The predicted octanol–water partition coefficient (Wildman–Crippen LogP) is 5.24. The number of urea groups is 1. The number of aryl methyl sites for hydroxylation is 1. The van der Waals surface area contributed by atoms with Crippen molar-refractivity contribution in [3.63, 3.8) is 0 Å². The average molecular weight is 384 g/mol. The number of amides is 2. The Bertz CT molecular complexity index is 757. The van der Waals surface area contributed by atoms with Crippen molar-refractivity contribution in [2.75, 3.05) is 36.4 Å². The molecule has 144 valence electrons. The molecule has 27 heavy (non-hydrogen) atoms. The summed E-state index contributed by atoms with van der Waals surface area (Å²) in [6, 6.07) is 16.7. The summed E-state index contributed by atoms with van der Waals surface area (Å²) in [5.41, 5.74) is 3.24. The summed E-state index contributed by atoms with van der Waals surface area (Å²) in [6.07, 6.45) is 1.15. The van der Waals surface area contributed by atoms with E-state index in [1.54, 1.807) is 0 Å². The quantitative estimate of drug-likeness (QED) is 0.717. The van der Waals surface area contributed by atoms with Crippen LogP contribution in [0.4, 0.5) is 16.2 Å². The van der Waals surface area contributed by atoms with Crippen molar-refractivity contribution in [3.05, 3.63) is 54.1 Å². The molecule has 4 nitrogen and oxygen atoms in total. The summed E-state index contributed by atoms with van der Waals surface area (Å²) in [4.78, 5) is 18.2. The van der Waals surface area contributed by atoms with Crippen LogP contribution in [-0.4, -0.2) is 42.4 Å². The van der Waals surface area contributed by atoms with E-state index in [4.69, 9.17) is 0 Å². The highest BCUT2D eigenvalue weighted by Crippen LogP contribution is 2.28. The summed E-state index contributed by atoms with van der Waals surface area (Å²) in [6.45, 7) is 9.70. The first-order valence-electron chi connectivity index (χ1n) is 9.70. The molecule has 1 heterocycles. The van der Waals surface area contributed by atoms with Gasteiger partial charge < -0.3 is 15.1 Å². The number of benzene rings is 2. The summed E-state index contributed by atoms with van der Waals surface area (Å²) in [5.74, 6) is 0. The van der Waals surface area contributed by atoms with E-state index in [9.17, 15) is 4.79 Å². The van der Waals surface area contributed by atoms with Crippen molar-refractivity contribution in [1.29, 1.82) is 0 Å². The first kappa shape index (κ1) is 19.6. The third kappa shape index (κ3) is 5.19. The molecular formula is C22H29N3OS. The highest BCUT2D eigenvalue weighted by Gasteiger charge is 2.21. The molecule has 5 heteroatoms. The number of rotatable bonds is 5. The Hall–Kier alpha value is -2.14. The number of piperazine rings is 1. The number of nitrogens with zero attached hydrogens (tertiary/aromatic N) is 2. The van der Waals surface area contributed by atoms with E-state index in [0.717, 1.165) is 43.9 Å². The largest absolute Gasteiger partial charge is 0.368 e. The minimum absolute atomic E-state index is 0.00635. The van der Waals surface area contributed by atoms with Gasteiger partial charge in [0.15, 0.2) is 0 Å². The Balaban J connectivity index is 1.55. The lowest BCUT2D eigenvalue weighted by Gasteiger charge is -2.36. The SMILES string of the molecule is CCC(C)Sc1ccc(NC(=O)N2CCN(c3ccccc3)CC2)c(C)c1. The number of hydrogen-bond acceptors (Lipinski definition) is 3. The predicted molar refractivity (Wildman–Crippen MR) is 116 cm³/mol. The second kappa shape index (κ2) is 9.18. The molecule has 0 saturated carbocycles. The van der Waals surface area contributed by atoms with E-state index < -0.39 is 0 Å². The van der Waals surface area contributed by atoms with Crippen LogP contribution in [0.2, 0.25) is 0 Å². The van der Waals surface area contributed by atoms with Gasteiger partial charge in [0, 0.05) is 47.7 Å². The second-order valence-electron chi connectivity index (χ2n) is 7.05. The van der Waals surface area contributed by atoms with Crippen LogP contribution in [0.15, 0.2) is 53.4 Å². The van der Waals surface area contributed by atoms with E-state index in [2.05, 4.69) is 67.4 Å². The second-order valence-corrected chi connectivity index (χ2v) is 8.57. The highest BCUT2D eigenvalue weighted by atomic mass is 32.2. The fourth-order valence-corrected chi connectivity index (χ4v) is 4.19. The van der Waals surface area contributed by atoms with Gasteiger partial charge in [0.2, 0.25) is 0 Å². The highest BCUT2D eigenvalue weighted by molar-refractivity contribution is 7.99. The number of hydrogen-bond donors (Lipinski definition) is 1. The van der Waals surface area contributed by atoms with Crippen LogP contribution < -0.4 is 10.2 Å². The fraction of sp³-hybridized carbons (Fsp3) is 0.409. The van der Waals surface area contributed by atoms with Crippen molar-refractivity contribution in [3.8, 4) is 0 Å². The Kier molecular flexibility index (Phi) is 6.67. The molecular weight excluding hydrogens is 354 g/mol. The van der Waals surface area contributed by atoms with E-state index in [-0.39, 0.29) is 6.03 Å². The lowest BCUT2D eigenvalue weighted by atomic mass is 10.2. The zero-order chi connectivity index (χ0) is 19.2. The number of carbonyl (C=O) groups is 1. The van der Waals surface area contributed by atoms with Gasteiger partial charge in [-0.15, -0.1) is 11.8 Å². The Labute approximate surface area is 166 Å². The number of anilines is 2. The molecule has 2 amide bonds. The molecule has 1 aliphatic heterocycles. The molecule has 1 fully saturated rings. The topological polar surface area (TPSA) is 35.6 Å². The summed E-state index contributed by atoms with van der Waals surface area (Å²) in [5, 5.41) is 3.69. The standard InChI is InChI=1S/C22H29N3OS/c1-4-18(3)27-20-10-11-21(17(2)16-20)23-22(26)25-14-12-24(13-15-25)19-8-6-5-7-9-19/h5-11,16,18H,4,12-15H2,1-3H3,(H,23,26). The van der Waals surface area contributed by atoms with Crippen molar-refractivity contribution in [1.82, 2.24) is 4.90 Å². The number of para-hydroxylation sites is 1. The molecule has 1 saturated heterocycles. The smallest absolute Gasteiger partial charge is 0.321 e. The van der Waals surface area contributed by atoms with Crippen molar-refractivity contribution in [2.45, 2.75) is 37.3 Å². The maximum absolute atomic E-state index is 12.7. The van der Waals surface area contributed by atoms with Crippen molar-refractivity contribution < 1.29 is 4.79 Å². The third-order valence-corrected chi connectivity index (χ3v) is 6.30. The first-order valence-corrected chi connectivity index (χ1v) is 10.6. The minimum atomic E-state index is -0.00635. The minimum Gasteiger partial charge on any atom is -0.368 e. The molecule has 1 atom stereocenters. The number of nitrogens with one attached hydrogen (secondary N) is 1. The van der Waals surface area contributed by atoms with Gasteiger partial charge in [-0.1, -0.05) is 32.0 Å². The van der Waals surface area contributed by atoms with E-state index in [1.165, 1.54) is 10.6 Å². The van der Waals surface area contributed by atoms with Crippen molar-refractivity contribution in [2.24, 2.45) is 0 Å². The fourth-order valence-electron chi connectivity index (χ4n) is 3.17. The molecule has 2 aromatic rings. The number of thioether (sulfide) groups is 1. The van der Waals surface area contributed by atoms with Crippen molar-refractivity contribution >= 4 is 29.2 Å². The molecule has 0 aliphatic carbocycles. The van der Waals surface area contributed by atoms with Crippen LogP contribution in [0, 0.1) is 6.92 Å². The van der Waals surface area contributed by atoms with Crippen LogP contribution in [0.25, 0.3) is 0 Å². The molecule has 0 aromatic heterocycles. The maximum atomic E-state index is 12.7. The summed E-state index contributed by atoms with van der Waals surface area (Å²) < 4.78 is 0. The summed E-state index contributed by atoms with van der Waals surface area (Å²) >= 11 is 1.88. The molecule has 2 aromatic carbocycles. The molecule has 0 radical (unpaired) electrons. The van der Waals surface area contributed by atoms with E-state index in [1.807, 2.05) is 28.8 Å². The molecule has 3 rings (SSSR count). The van der Waals surface area contributed by atoms with Gasteiger partial charge in [0.25, 0.3) is 0 Å². The molecule has 1 N–H and O–H groups in total. The van der Waals surface area contributed by atoms with Crippen LogP contribution in [0.5, 0.6) is 0 Å². The van der Waals surface area contributed by atoms with Crippen LogP contribution in [0.1, 0.15) is 25.8 Å². The maximum Gasteiger partial charge on any atom is 0.321 e. The molecule has 1 unspecified atom stereocenters. The van der Waals surface area contributed by atoms with Gasteiger partial charge in [-0.25, -0.2) is 4.79 Å². The van der Waals surface area contributed by atoms with E-state index >= 15 is 0 Å². The van der Waals surface area contributed by atoms with Crippen LogP contribution >= 0.6 is 11.8 Å². The normalized spacial score (nSPS) is 15.5. The summed E-state index contributed by atoms with van der Waals surface area (Å²) in [7, 11) is 0. The zero-order valence-electron chi connectivity index (χ0n) is 16.4. The Morgan fingerprint density at radius 3 is 2.44 bits per heavy atom. The van der Waals surface area contributed by atoms with Gasteiger partial charge in [-0.3, -0.25) is 0 Å².